The van der Waals surface area contributed by atoms with Crippen LogP contribution in [0.25, 0.3) is 0 Å². The lowest BCUT2D eigenvalue weighted by atomic mass is 9.43. The molecular formula is C28H40O7. The van der Waals surface area contributed by atoms with Crippen LogP contribution < -0.4 is 0 Å². The van der Waals surface area contributed by atoms with Crippen molar-refractivity contribution in [2.45, 2.75) is 108 Å². The van der Waals surface area contributed by atoms with E-state index in [0.717, 1.165) is 25.7 Å². The van der Waals surface area contributed by atoms with E-state index in [9.17, 15) is 20.1 Å². The van der Waals surface area contributed by atoms with E-state index >= 15 is 0 Å². The molecule has 3 saturated carbocycles. The van der Waals surface area contributed by atoms with Crippen molar-refractivity contribution in [3.63, 3.8) is 0 Å². The lowest BCUT2D eigenvalue weighted by Gasteiger charge is -2.61. The number of rotatable bonds is 0. The fourth-order valence-corrected chi connectivity index (χ4v) is 10.3. The van der Waals surface area contributed by atoms with Gasteiger partial charge in [-0.25, -0.2) is 0 Å². The number of hydrogen-bond donors (Lipinski definition) is 3. The number of allylic oxidation sites excluding steroid dienone is 1. The third-order valence-corrected chi connectivity index (χ3v) is 12.7. The van der Waals surface area contributed by atoms with Gasteiger partial charge in [0, 0.05) is 17.3 Å². The summed E-state index contributed by atoms with van der Waals surface area (Å²) in [5.74, 6) is 0.554. The van der Waals surface area contributed by atoms with E-state index in [1.165, 1.54) is 0 Å². The predicted octanol–water partition coefficient (Wildman–Crippen LogP) is 2.36. The maximum absolute atomic E-state index is 13.4. The minimum atomic E-state index is -1.33. The Hall–Kier alpha value is -0.830. The van der Waals surface area contributed by atoms with Crippen LogP contribution in [0, 0.1) is 40.4 Å². The first kappa shape index (κ1) is 23.3. The summed E-state index contributed by atoms with van der Waals surface area (Å²) < 4.78 is 19.2. The van der Waals surface area contributed by atoms with Crippen LogP contribution in [0.5, 0.6) is 0 Å². The topological polar surface area (TPSA) is 109 Å². The van der Waals surface area contributed by atoms with Gasteiger partial charge in [-0.1, -0.05) is 19.9 Å². The van der Waals surface area contributed by atoms with Crippen LogP contribution in [0.1, 0.15) is 66.2 Å². The minimum Gasteiger partial charge on any atom is -0.386 e. The summed E-state index contributed by atoms with van der Waals surface area (Å²) in [6, 6.07) is 0. The average molecular weight is 489 g/mol. The summed E-state index contributed by atoms with van der Waals surface area (Å²) in [7, 11) is 0. The molecule has 7 rings (SSSR count). The quantitative estimate of drug-likeness (QED) is 0.449. The van der Waals surface area contributed by atoms with Crippen LogP contribution >= 0.6 is 0 Å². The van der Waals surface area contributed by atoms with Crippen LogP contribution in [0.2, 0.25) is 0 Å². The molecule has 194 valence electrons. The Morgan fingerprint density at radius 1 is 1.06 bits per heavy atom. The van der Waals surface area contributed by atoms with E-state index in [2.05, 4.69) is 13.8 Å². The van der Waals surface area contributed by atoms with Crippen LogP contribution in [0.15, 0.2) is 12.2 Å². The summed E-state index contributed by atoms with van der Waals surface area (Å²) in [5.41, 5.74) is -3.82. The fraction of sp³-hybridized carbons (Fsp3) is 0.893. The van der Waals surface area contributed by atoms with Crippen molar-refractivity contribution < 1.29 is 34.3 Å². The largest absolute Gasteiger partial charge is 0.386 e. The van der Waals surface area contributed by atoms with Gasteiger partial charge >= 0.3 is 0 Å². The lowest BCUT2D eigenvalue weighted by molar-refractivity contribution is -0.282. The highest BCUT2D eigenvalue weighted by atomic mass is 16.6. The molecule has 0 radical (unpaired) electrons. The van der Waals surface area contributed by atoms with E-state index in [1.807, 2.05) is 13.0 Å². The van der Waals surface area contributed by atoms with Crippen molar-refractivity contribution >= 4 is 5.78 Å². The monoisotopic (exact) mass is 488 g/mol. The highest BCUT2D eigenvalue weighted by Gasteiger charge is 2.79. The Morgan fingerprint density at radius 3 is 2.57 bits per heavy atom. The molecule has 14 unspecified atom stereocenters. The number of epoxide rings is 1. The number of carbonyl (C=O) groups is 1. The number of aliphatic hydroxyl groups excluding tert-OH is 1. The van der Waals surface area contributed by atoms with Gasteiger partial charge in [-0.2, -0.15) is 0 Å². The second-order valence-corrected chi connectivity index (χ2v) is 13.6. The van der Waals surface area contributed by atoms with Crippen molar-refractivity contribution in [2.75, 3.05) is 6.61 Å². The first-order valence-corrected chi connectivity index (χ1v) is 13.7. The smallest absolute Gasteiger partial charge is 0.184 e. The molecule has 14 atom stereocenters. The van der Waals surface area contributed by atoms with Gasteiger partial charge in [-0.05, 0) is 76.2 Å². The lowest BCUT2D eigenvalue weighted by Crippen LogP contribution is -2.68. The van der Waals surface area contributed by atoms with Gasteiger partial charge in [0.15, 0.2) is 12.1 Å². The van der Waals surface area contributed by atoms with Gasteiger partial charge in [0.1, 0.15) is 17.3 Å². The van der Waals surface area contributed by atoms with Gasteiger partial charge in [0.25, 0.3) is 0 Å². The summed E-state index contributed by atoms with van der Waals surface area (Å²) in [6.45, 7) is 8.62. The maximum atomic E-state index is 13.4. The standard InChI is InChI=1S/C28H40O7/c1-14-18-12-15(26(4,31)23(30)34-18)13-33-28(14)11-8-16-20-17(7-10-24(16,28)2)25(3)19(29)6-5-9-27(25,32)22-21(20)35-22/h5-6,14-18,20-23,30-32H,7-13H2,1-4H3. The first-order chi connectivity index (χ1) is 16.4. The Morgan fingerprint density at radius 2 is 1.80 bits per heavy atom. The van der Waals surface area contributed by atoms with Crippen molar-refractivity contribution in [3.05, 3.63) is 12.2 Å². The molecule has 6 fully saturated rings. The second kappa shape index (κ2) is 6.78. The van der Waals surface area contributed by atoms with Crippen LogP contribution in [0.4, 0.5) is 0 Å². The van der Waals surface area contributed by atoms with Crippen LogP contribution in [0.3, 0.4) is 0 Å². The summed E-state index contributed by atoms with van der Waals surface area (Å²) in [5, 5.41) is 33.3. The molecular weight excluding hydrogens is 448 g/mol. The molecule has 3 heterocycles. The van der Waals surface area contributed by atoms with Crippen molar-refractivity contribution in [1.29, 1.82) is 0 Å². The molecule has 0 aromatic rings. The SMILES string of the molecule is CC1C2CC(COC13CCC1C4C5OC5C5(O)CC=CC(=O)C5(C)C4CCC13C)C(C)(O)C(O)O2. The van der Waals surface area contributed by atoms with Gasteiger partial charge in [-0.3, -0.25) is 4.79 Å². The molecule has 3 saturated heterocycles. The zero-order chi connectivity index (χ0) is 24.8. The Bertz CT molecular complexity index is 994. The van der Waals surface area contributed by atoms with E-state index in [0.29, 0.717) is 25.4 Å². The summed E-state index contributed by atoms with van der Waals surface area (Å²) in [4.78, 5) is 13.4. The first-order valence-electron chi connectivity index (χ1n) is 13.7. The number of ketones is 1. The molecule has 4 aliphatic carbocycles. The number of carbonyl (C=O) groups excluding carboxylic acids is 1. The van der Waals surface area contributed by atoms with E-state index in [-0.39, 0.29) is 53.2 Å². The van der Waals surface area contributed by atoms with Gasteiger partial charge in [0.05, 0.1) is 29.8 Å². The fourth-order valence-electron chi connectivity index (χ4n) is 10.3. The van der Waals surface area contributed by atoms with Crippen LogP contribution in [-0.2, 0) is 19.0 Å². The normalized spacial score (nSPS) is 64.7. The molecule has 0 aromatic heterocycles. The molecule has 2 bridgehead atoms. The molecule has 7 heteroatoms. The van der Waals surface area contributed by atoms with Crippen molar-refractivity contribution in [3.8, 4) is 0 Å². The van der Waals surface area contributed by atoms with Gasteiger partial charge < -0.3 is 29.5 Å². The summed E-state index contributed by atoms with van der Waals surface area (Å²) >= 11 is 0. The molecule has 1 spiro atoms. The minimum absolute atomic E-state index is 0.00345. The molecule has 3 N–H and O–H groups in total. The molecule has 7 aliphatic rings. The Balaban J connectivity index is 1.27. The van der Waals surface area contributed by atoms with Crippen molar-refractivity contribution in [2.24, 2.45) is 40.4 Å². The third kappa shape index (κ3) is 2.47. The molecule has 0 amide bonds. The zero-order valence-electron chi connectivity index (χ0n) is 21.3. The number of hydrogen-bond acceptors (Lipinski definition) is 7. The van der Waals surface area contributed by atoms with E-state index in [4.69, 9.17) is 14.2 Å². The number of aliphatic hydroxyl groups is 3. The molecule has 35 heavy (non-hydrogen) atoms. The second-order valence-electron chi connectivity index (χ2n) is 13.6. The highest BCUT2D eigenvalue weighted by Crippen LogP contribution is 2.73. The molecule has 0 aromatic carbocycles. The third-order valence-electron chi connectivity index (χ3n) is 12.7. The number of fused-ring (bicyclic) bond motifs is 11. The van der Waals surface area contributed by atoms with Crippen molar-refractivity contribution in [1.82, 2.24) is 0 Å². The molecule has 3 aliphatic heterocycles. The van der Waals surface area contributed by atoms with Gasteiger partial charge in [0.2, 0.25) is 0 Å². The van der Waals surface area contributed by atoms with E-state index in [1.54, 1.807) is 13.0 Å². The Labute approximate surface area is 207 Å². The zero-order valence-corrected chi connectivity index (χ0v) is 21.3. The highest BCUT2D eigenvalue weighted by molar-refractivity contribution is 5.97. The number of ether oxygens (including phenoxy) is 3. The van der Waals surface area contributed by atoms with Gasteiger partial charge in [-0.15, -0.1) is 0 Å². The molecule has 7 nitrogen and oxygen atoms in total. The Kier molecular flexibility index (Phi) is 4.51. The summed E-state index contributed by atoms with van der Waals surface area (Å²) in [6.07, 6.45) is 6.66. The maximum Gasteiger partial charge on any atom is 0.184 e. The van der Waals surface area contributed by atoms with Crippen LogP contribution in [-0.4, -0.2) is 69.1 Å². The predicted molar refractivity (Wildman–Crippen MR) is 125 cm³/mol. The average Bonchev–Trinajstić information content (AvgIpc) is 3.57. The van der Waals surface area contributed by atoms with E-state index < -0.39 is 28.5 Å².